The molecule has 0 radical (unpaired) electrons. The molecule has 0 saturated heterocycles. The molecule has 0 aliphatic rings. The van der Waals surface area contributed by atoms with Crippen LogP contribution >= 0.6 is 0 Å². The van der Waals surface area contributed by atoms with Crippen LogP contribution in [-0.2, 0) is 14.4 Å². The maximum absolute atomic E-state index is 11.0. The van der Waals surface area contributed by atoms with E-state index < -0.39 is 0 Å². The van der Waals surface area contributed by atoms with E-state index in [-0.39, 0.29) is 5.91 Å². The van der Waals surface area contributed by atoms with Crippen molar-refractivity contribution in [2.24, 2.45) is 0 Å². The van der Waals surface area contributed by atoms with Crippen molar-refractivity contribution in [3.63, 3.8) is 0 Å². The maximum Gasteiger partial charge on any atom is 0.243 e. The van der Waals surface area contributed by atoms with E-state index in [1.54, 1.807) is 7.11 Å². The Bertz CT molecular complexity index is 131. The average molecular weight is 190 g/mol. The van der Waals surface area contributed by atoms with Gasteiger partial charge >= 0.3 is 0 Å². The van der Waals surface area contributed by atoms with E-state index in [9.17, 15) is 4.79 Å². The summed E-state index contributed by atoms with van der Waals surface area (Å²) in [6.45, 7) is 1.70. The van der Waals surface area contributed by atoms with Crippen molar-refractivity contribution < 1.29 is 14.4 Å². The number of hydroxylamine groups is 1. The van der Waals surface area contributed by atoms with Crippen LogP contribution in [0.4, 0.5) is 0 Å². The fourth-order valence-electron chi connectivity index (χ4n) is 0.733. The van der Waals surface area contributed by atoms with Crippen LogP contribution in [0.3, 0.4) is 0 Å². The number of carbonyl (C=O) groups is 1. The highest BCUT2D eigenvalue weighted by Gasteiger charge is 1.99. The van der Waals surface area contributed by atoms with Gasteiger partial charge in [0.2, 0.25) is 5.91 Å². The van der Waals surface area contributed by atoms with E-state index >= 15 is 0 Å². The number of rotatable bonds is 8. The van der Waals surface area contributed by atoms with Gasteiger partial charge in [-0.1, -0.05) is 0 Å². The van der Waals surface area contributed by atoms with Gasteiger partial charge < -0.3 is 10.1 Å². The number of methoxy groups -OCH3 is 1. The lowest BCUT2D eigenvalue weighted by atomic mass is 10.3. The third-order valence-electron chi connectivity index (χ3n) is 1.41. The first-order valence-corrected chi connectivity index (χ1v) is 4.35. The first kappa shape index (κ1) is 12.3. The van der Waals surface area contributed by atoms with Crippen LogP contribution in [-0.4, -0.2) is 39.8 Å². The van der Waals surface area contributed by atoms with Crippen LogP contribution < -0.4 is 10.8 Å². The van der Waals surface area contributed by atoms with Crippen molar-refractivity contribution in [3.8, 4) is 0 Å². The largest absolute Gasteiger partial charge is 0.382 e. The Morgan fingerprint density at radius 2 is 2.15 bits per heavy atom. The summed E-state index contributed by atoms with van der Waals surface area (Å²) < 4.78 is 4.74. The summed E-state index contributed by atoms with van der Waals surface area (Å²) in [6.07, 6.45) is 1.30. The number of nitrogens with one attached hydrogen (secondary N) is 2. The van der Waals surface area contributed by atoms with Crippen molar-refractivity contribution in [2.75, 3.05) is 33.9 Å². The second kappa shape index (κ2) is 9.44. The van der Waals surface area contributed by atoms with Crippen LogP contribution in [0.5, 0.6) is 0 Å². The Labute approximate surface area is 78.7 Å². The normalized spacial score (nSPS) is 10.0. The highest BCUT2D eigenvalue weighted by Crippen LogP contribution is 1.86. The second-order valence-corrected chi connectivity index (χ2v) is 2.57. The van der Waals surface area contributed by atoms with Crippen molar-refractivity contribution in [2.45, 2.75) is 12.8 Å². The molecule has 78 valence electrons. The van der Waals surface area contributed by atoms with Gasteiger partial charge in [-0.15, -0.1) is 0 Å². The standard InChI is InChI=1S/C8H18N2O3/c1-9-5-3-4-8(11)10-13-7-6-12-2/h9H,3-7H2,1-2H3,(H,10,11). The number of amides is 1. The van der Waals surface area contributed by atoms with E-state index in [4.69, 9.17) is 9.57 Å². The van der Waals surface area contributed by atoms with Gasteiger partial charge in [-0.25, -0.2) is 5.48 Å². The highest BCUT2D eigenvalue weighted by molar-refractivity contribution is 5.74. The molecule has 0 aromatic heterocycles. The molecule has 0 heterocycles. The third-order valence-corrected chi connectivity index (χ3v) is 1.41. The molecule has 0 spiro atoms. The summed E-state index contributed by atoms with van der Waals surface area (Å²) in [5, 5.41) is 2.96. The van der Waals surface area contributed by atoms with Crippen LogP contribution in [0.25, 0.3) is 0 Å². The first-order chi connectivity index (χ1) is 6.31. The third kappa shape index (κ3) is 9.26. The minimum Gasteiger partial charge on any atom is -0.382 e. The molecule has 0 fully saturated rings. The second-order valence-electron chi connectivity index (χ2n) is 2.57. The van der Waals surface area contributed by atoms with Crippen molar-refractivity contribution >= 4 is 5.91 Å². The summed E-state index contributed by atoms with van der Waals surface area (Å²) in [7, 11) is 3.44. The van der Waals surface area contributed by atoms with Crippen molar-refractivity contribution in [1.82, 2.24) is 10.8 Å². The van der Waals surface area contributed by atoms with Crippen molar-refractivity contribution in [1.29, 1.82) is 0 Å². The quantitative estimate of drug-likeness (QED) is 0.407. The molecule has 0 aromatic carbocycles. The van der Waals surface area contributed by atoms with Gasteiger partial charge in [0, 0.05) is 13.5 Å². The molecular weight excluding hydrogens is 172 g/mol. The van der Waals surface area contributed by atoms with Gasteiger partial charge in [-0.05, 0) is 20.0 Å². The summed E-state index contributed by atoms with van der Waals surface area (Å²) in [4.78, 5) is 15.8. The molecule has 2 N–H and O–H groups in total. The average Bonchev–Trinajstić information content (AvgIpc) is 2.13. The van der Waals surface area contributed by atoms with E-state index in [1.807, 2.05) is 7.05 Å². The molecule has 0 saturated carbocycles. The van der Waals surface area contributed by atoms with Crippen molar-refractivity contribution in [3.05, 3.63) is 0 Å². The predicted molar refractivity (Wildman–Crippen MR) is 49.1 cm³/mol. The lowest BCUT2D eigenvalue weighted by Crippen LogP contribution is -2.25. The molecule has 0 aliphatic carbocycles. The van der Waals surface area contributed by atoms with Crippen LogP contribution in [0.15, 0.2) is 0 Å². The zero-order valence-electron chi connectivity index (χ0n) is 8.26. The predicted octanol–water partition coefficient (Wildman–Crippen LogP) is -0.320. The van der Waals surface area contributed by atoms with Gasteiger partial charge in [0.15, 0.2) is 0 Å². The van der Waals surface area contributed by atoms with Gasteiger partial charge in [0.05, 0.1) is 13.2 Å². The Hall–Kier alpha value is -0.650. The fourth-order valence-corrected chi connectivity index (χ4v) is 0.733. The molecule has 5 nitrogen and oxygen atoms in total. The first-order valence-electron chi connectivity index (χ1n) is 4.35. The minimum absolute atomic E-state index is 0.0913. The summed E-state index contributed by atoms with van der Waals surface area (Å²) in [6, 6.07) is 0. The van der Waals surface area contributed by atoms with Gasteiger partial charge in [-0.2, -0.15) is 0 Å². The minimum atomic E-state index is -0.0913. The Morgan fingerprint density at radius 3 is 2.77 bits per heavy atom. The van der Waals surface area contributed by atoms with E-state index in [1.165, 1.54) is 0 Å². The van der Waals surface area contributed by atoms with Crippen LogP contribution in [0, 0.1) is 0 Å². The molecule has 0 aliphatic heterocycles. The van der Waals surface area contributed by atoms with Gasteiger partial charge in [0.25, 0.3) is 0 Å². The Kier molecular flexibility index (Phi) is 8.97. The summed E-state index contributed by atoms with van der Waals surface area (Å²) in [5.74, 6) is -0.0913. The van der Waals surface area contributed by atoms with Gasteiger partial charge in [0.1, 0.15) is 0 Å². The SMILES string of the molecule is CNCCCC(=O)NOCCOC. The fraction of sp³-hybridized carbons (Fsp3) is 0.875. The topological polar surface area (TPSA) is 59.6 Å². The number of hydrogen-bond donors (Lipinski definition) is 2. The van der Waals surface area contributed by atoms with Gasteiger partial charge in [-0.3, -0.25) is 9.63 Å². The van der Waals surface area contributed by atoms with E-state index in [0.717, 1.165) is 13.0 Å². The molecular formula is C8H18N2O3. The van der Waals surface area contributed by atoms with E-state index in [0.29, 0.717) is 19.6 Å². The maximum atomic E-state index is 11.0. The highest BCUT2D eigenvalue weighted by atomic mass is 16.7. The number of hydrogen-bond acceptors (Lipinski definition) is 4. The molecule has 0 rings (SSSR count). The Balaban J connectivity index is 3.11. The molecule has 1 amide bonds. The monoisotopic (exact) mass is 190 g/mol. The Morgan fingerprint density at radius 1 is 1.38 bits per heavy atom. The smallest absolute Gasteiger partial charge is 0.243 e. The molecule has 13 heavy (non-hydrogen) atoms. The van der Waals surface area contributed by atoms with Crippen LogP contribution in [0.2, 0.25) is 0 Å². The number of carbonyl (C=O) groups excluding carboxylic acids is 1. The molecule has 5 heteroatoms. The summed E-state index contributed by atoms with van der Waals surface area (Å²) in [5.41, 5.74) is 2.33. The van der Waals surface area contributed by atoms with E-state index in [2.05, 4.69) is 10.8 Å². The zero-order chi connectivity index (χ0) is 9.94. The molecule has 0 aromatic rings. The molecule has 0 unspecified atom stereocenters. The lowest BCUT2D eigenvalue weighted by Gasteiger charge is -2.04. The molecule has 0 bridgehead atoms. The number of ether oxygens (including phenoxy) is 1. The summed E-state index contributed by atoms with van der Waals surface area (Å²) >= 11 is 0. The lowest BCUT2D eigenvalue weighted by molar-refractivity contribution is -0.134. The van der Waals surface area contributed by atoms with Crippen LogP contribution in [0.1, 0.15) is 12.8 Å². The molecule has 0 atom stereocenters. The zero-order valence-corrected chi connectivity index (χ0v) is 8.26.